The lowest BCUT2D eigenvalue weighted by Gasteiger charge is -2.27. The van der Waals surface area contributed by atoms with E-state index in [0.717, 1.165) is 37.9 Å². The summed E-state index contributed by atoms with van der Waals surface area (Å²) < 4.78 is 26.2. The number of hydrogen-bond acceptors (Lipinski definition) is 5. The Morgan fingerprint density at radius 3 is 2.78 bits per heavy atom. The molecule has 3 heterocycles. The second kappa shape index (κ2) is 4.31. The SMILES string of the molecule is NC1CCCc2nnc(C3CCCCS3(=O)=O)n21. The Balaban J connectivity index is 2.04. The number of nitrogens with two attached hydrogens (primary N) is 1. The summed E-state index contributed by atoms with van der Waals surface area (Å²) in [6.07, 6.45) is 4.87. The molecule has 0 aliphatic carbocycles. The monoisotopic (exact) mass is 270 g/mol. The first kappa shape index (κ1) is 12.1. The zero-order valence-corrected chi connectivity index (χ0v) is 11.1. The van der Waals surface area contributed by atoms with Crippen molar-refractivity contribution in [2.75, 3.05) is 5.75 Å². The van der Waals surface area contributed by atoms with Gasteiger partial charge in [0.15, 0.2) is 15.7 Å². The topological polar surface area (TPSA) is 90.9 Å². The highest BCUT2D eigenvalue weighted by Crippen LogP contribution is 2.35. The Hall–Kier alpha value is -0.950. The summed E-state index contributed by atoms with van der Waals surface area (Å²) in [6.45, 7) is 0. The zero-order chi connectivity index (χ0) is 12.8. The smallest absolute Gasteiger partial charge is 0.160 e. The number of aryl methyl sites for hydroxylation is 1. The van der Waals surface area contributed by atoms with Crippen LogP contribution < -0.4 is 5.73 Å². The first-order valence-corrected chi connectivity index (χ1v) is 8.22. The average Bonchev–Trinajstić information content (AvgIpc) is 2.73. The molecule has 0 radical (unpaired) electrons. The van der Waals surface area contributed by atoms with Crippen LogP contribution in [0.25, 0.3) is 0 Å². The Kier molecular flexibility index (Phi) is 2.90. The van der Waals surface area contributed by atoms with Gasteiger partial charge in [-0.2, -0.15) is 0 Å². The molecule has 7 heteroatoms. The Labute approximate surface area is 106 Å². The third-order valence-electron chi connectivity index (χ3n) is 3.89. The fourth-order valence-corrected chi connectivity index (χ4v) is 4.83. The molecule has 2 atom stereocenters. The zero-order valence-electron chi connectivity index (χ0n) is 10.2. The van der Waals surface area contributed by atoms with Crippen LogP contribution in [-0.4, -0.2) is 28.9 Å². The number of hydrogen-bond donors (Lipinski definition) is 1. The van der Waals surface area contributed by atoms with E-state index in [2.05, 4.69) is 10.2 Å². The quantitative estimate of drug-likeness (QED) is 0.811. The highest BCUT2D eigenvalue weighted by atomic mass is 32.2. The fourth-order valence-electron chi connectivity index (χ4n) is 2.93. The predicted octanol–water partition coefficient (Wildman–Crippen LogP) is 0.712. The van der Waals surface area contributed by atoms with Crippen molar-refractivity contribution >= 4 is 9.84 Å². The fraction of sp³-hybridized carbons (Fsp3) is 0.818. The maximum absolute atomic E-state index is 12.2. The largest absolute Gasteiger partial charge is 0.311 e. The summed E-state index contributed by atoms with van der Waals surface area (Å²) in [5.74, 6) is 1.66. The van der Waals surface area contributed by atoms with Crippen molar-refractivity contribution in [2.45, 2.75) is 49.9 Å². The number of aromatic nitrogens is 3. The van der Waals surface area contributed by atoms with Crippen LogP contribution in [0.1, 0.15) is 55.2 Å². The molecule has 18 heavy (non-hydrogen) atoms. The minimum atomic E-state index is -3.08. The average molecular weight is 270 g/mol. The second-order valence-corrected chi connectivity index (χ2v) is 7.46. The summed E-state index contributed by atoms with van der Waals surface area (Å²) in [7, 11) is -3.08. The van der Waals surface area contributed by atoms with Gasteiger partial charge in [0, 0.05) is 6.42 Å². The molecule has 3 rings (SSSR count). The molecule has 2 unspecified atom stereocenters. The third-order valence-corrected chi connectivity index (χ3v) is 6.06. The van der Waals surface area contributed by atoms with Crippen molar-refractivity contribution < 1.29 is 8.42 Å². The molecular formula is C11H18N4O2S. The van der Waals surface area contributed by atoms with E-state index in [9.17, 15) is 8.42 Å². The lowest BCUT2D eigenvalue weighted by atomic mass is 10.1. The van der Waals surface area contributed by atoms with Crippen molar-refractivity contribution in [3.63, 3.8) is 0 Å². The van der Waals surface area contributed by atoms with Gasteiger partial charge < -0.3 is 5.73 Å². The maximum atomic E-state index is 12.2. The van der Waals surface area contributed by atoms with Crippen LogP contribution in [0, 0.1) is 0 Å². The highest BCUT2D eigenvalue weighted by Gasteiger charge is 2.36. The molecule has 0 bridgehead atoms. The van der Waals surface area contributed by atoms with Crippen LogP contribution in [0.2, 0.25) is 0 Å². The minimum Gasteiger partial charge on any atom is -0.311 e. The van der Waals surface area contributed by atoms with Crippen molar-refractivity contribution in [3.05, 3.63) is 11.6 Å². The van der Waals surface area contributed by atoms with Gasteiger partial charge >= 0.3 is 0 Å². The van der Waals surface area contributed by atoms with Crippen LogP contribution in [0.15, 0.2) is 0 Å². The number of nitrogens with zero attached hydrogens (tertiary/aromatic N) is 3. The van der Waals surface area contributed by atoms with E-state index in [1.165, 1.54) is 0 Å². The van der Waals surface area contributed by atoms with Crippen molar-refractivity contribution in [1.82, 2.24) is 14.8 Å². The lowest BCUT2D eigenvalue weighted by Crippen LogP contribution is -2.31. The van der Waals surface area contributed by atoms with Crippen LogP contribution >= 0.6 is 0 Å². The number of rotatable bonds is 1. The van der Waals surface area contributed by atoms with Gasteiger partial charge in [0.05, 0.1) is 11.9 Å². The predicted molar refractivity (Wildman–Crippen MR) is 66.6 cm³/mol. The van der Waals surface area contributed by atoms with Crippen molar-refractivity contribution in [1.29, 1.82) is 0 Å². The van der Waals surface area contributed by atoms with E-state index in [0.29, 0.717) is 12.2 Å². The van der Waals surface area contributed by atoms with Gasteiger partial charge in [-0.15, -0.1) is 10.2 Å². The van der Waals surface area contributed by atoms with E-state index < -0.39 is 15.1 Å². The van der Waals surface area contributed by atoms with E-state index in [-0.39, 0.29) is 11.9 Å². The summed E-state index contributed by atoms with van der Waals surface area (Å²) in [5.41, 5.74) is 6.07. The van der Waals surface area contributed by atoms with Crippen LogP contribution in [0.3, 0.4) is 0 Å². The Morgan fingerprint density at radius 2 is 2.00 bits per heavy atom. The van der Waals surface area contributed by atoms with Gasteiger partial charge in [-0.05, 0) is 25.7 Å². The van der Waals surface area contributed by atoms with Crippen LogP contribution in [-0.2, 0) is 16.3 Å². The molecule has 0 saturated carbocycles. The van der Waals surface area contributed by atoms with Gasteiger partial charge in [0.25, 0.3) is 0 Å². The standard InChI is InChI=1S/C11H18N4O2S/c12-9-5-3-6-10-13-14-11(15(9)10)8-4-1-2-7-18(8,16)17/h8-9H,1-7,12H2. The van der Waals surface area contributed by atoms with Gasteiger partial charge in [-0.3, -0.25) is 4.57 Å². The summed E-state index contributed by atoms with van der Waals surface area (Å²) >= 11 is 0. The molecule has 6 nitrogen and oxygen atoms in total. The summed E-state index contributed by atoms with van der Waals surface area (Å²) in [5, 5.41) is 7.73. The summed E-state index contributed by atoms with van der Waals surface area (Å²) in [4.78, 5) is 0. The summed E-state index contributed by atoms with van der Waals surface area (Å²) in [6, 6.07) is 0. The number of fused-ring (bicyclic) bond motifs is 1. The van der Waals surface area contributed by atoms with E-state index in [1.54, 1.807) is 0 Å². The maximum Gasteiger partial charge on any atom is 0.160 e. The minimum absolute atomic E-state index is 0.170. The van der Waals surface area contributed by atoms with Gasteiger partial charge in [0.2, 0.25) is 0 Å². The molecule has 2 aliphatic rings. The van der Waals surface area contributed by atoms with Crippen molar-refractivity contribution in [2.24, 2.45) is 5.73 Å². The highest BCUT2D eigenvalue weighted by molar-refractivity contribution is 7.91. The molecule has 2 N–H and O–H groups in total. The van der Waals surface area contributed by atoms with Crippen LogP contribution in [0.4, 0.5) is 0 Å². The molecule has 0 amide bonds. The molecule has 2 aliphatic heterocycles. The second-order valence-electron chi connectivity index (χ2n) is 5.16. The van der Waals surface area contributed by atoms with E-state index in [1.807, 2.05) is 4.57 Å². The molecule has 100 valence electrons. The normalized spacial score (nSPS) is 30.9. The van der Waals surface area contributed by atoms with Gasteiger partial charge in [-0.25, -0.2) is 8.42 Å². The van der Waals surface area contributed by atoms with E-state index >= 15 is 0 Å². The Bertz CT molecular complexity index is 551. The molecule has 1 saturated heterocycles. The number of sulfone groups is 1. The molecule has 1 aromatic rings. The molecule has 1 aromatic heterocycles. The molecular weight excluding hydrogens is 252 g/mol. The Morgan fingerprint density at radius 1 is 1.17 bits per heavy atom. The molecule has 0 aromatic carbocycles. The van der Waals surface area contributed by atoms with Crippen LogP contribution in [0.5, 0.6) is 0 Å². The van der Waals surface area contributed by atoms with E-state index in [4.69, 9.17) is 5.73 Å². The first-order valence-electron chi connectivity index (χ1n) is 6.50. The molecule has 0 spiro atoms. The van der Waals surface area contributed by atoms with Gasteiger partial charge in [0.1, 0.15) is 11.1 Å². The lowest BCUT2D eigenvalue weighted by molar-refractivity contribution is 0.391. The third kappa shape index (κ3) is 1.85. The van der Waals surface area contributed by atoms with Crippen molar-refractivity contribution in [3.8, 4) is 0 Å². The molecule has 1 fully saturated rings. The first-order chi connectivity index (χ1) is 8.59. The van der Waals surface area contributed by atoms with Gasteiger partial charge in [-0.1, -0.05) is 6.42 Å².